The van der Waals surface area contributed by atoms with E-state index in [1.54, 1.807) is 0 Å². The molecule has 86 valence electrons. The van der Waals surface area contributed by atoms with Gasteiger partial charge in [-0.15, -0.1) is 0 Å². The van der Waals surface area contributed by atoms with Crippen molar-refractivity contribution in [3.8, 4) is 0 Å². The number of carbonyl (C=O) groups is 1. The maximum absolute atomic E-state index is 11.8. The molecular weight excluding hydrogens is 190 g/mol. The van der Waals surface area contributed by atoms with E-state index in [1.807, 2.05) is 4.90 Å². The molecule has 2 fully saturated rings. The van der Waals surface area contributed by atoms with Crippen LogP contribution in [0.4, 0.5) is 4.79 Å². The van der Waals surface area contributed by atoms with Crippen LogP contribution in [0.1, 0.15) is 38.5 Å². The fourth-order valence-electron chi connectivity index (χ4n) is 2.45. The highest BCUT2D eigenvalue weighted by Crippen LogP contribution is 2.17. The normalized spacial score (nSPS) is 31.7. The molecule has 0 aromatic rings. The lowest BCUT2D eigenvalue weighted by Gasteiger charge is -2.28. The lowest BCUT2D eigenvalue weighted by atomic mass is 9.92. The molecule has 2 aliphatic rings. The van der Waals surface area contributed by atoms with Crippen molar-refractivity contribution in [2.75, 3.05) is 13.1 Å². The Hall–Kier alpha value is -0.770. The molecule has 4 heteroatoms. The van der Waals surface area contributed by atoms with Crippen molar-refractivity contribution in [3.05, 3.63) is 0 Å². The minimum absolute atomic E-state index is 0.132. The molecule has 0 radical (unpaired) electrons. The lowest BCUT2D eigenvalue weighted by molar-refractivity contribution is 0.199. The zero-order valence-corrected chi connectivity index (χ0v) is 9.24. The van der Waals surface area contributed by atoms with Gasteiger partial charge in [-0.1, -0.05) is 0 Å². The largest absolute Gasteiger partial charge is 0.335 e. The number of hydrogen-bond acceptors (Lipinski definition) is 2. The van der Waals surface area contributed by atoms with Crippen LogP contribution in [-0.4, -0.2) is 36.1 Å². The molecule has 1 aliphatic carbocycles. The van der Waals surface area contributed by atoms with Gasteiger partial charge < -0.3 is 16.0 Å². The number of nitrogens with one attached hydrogen (secondary N) is 1. The van der Waals surface area contributed by atoms with Crippen LogP contribution in [-0.2, 0) is 0 Å². The van der Waals surface area contributed by atoms with Crippen molar-refractivity contribution >= 4 is 6.03 Å². The molecule has 2 amide bonds. The zero-order valence-electron chi connectivity index (χ0n) is 9.24. The van der Waals surface area contributed by atoms with E-state index in [0.29, 0.717) is 12.1 Å². The van der Waals surface area contributed by atoms with Crippen molar-refractivity contribution < 1.29 is 4.79 Å². The van der Waals surface area contributed by atoms with E-state index < -0.39 is 0 Å². The number of rotatable bonds is 1. The van der Waals surface area contributed by atoms with Crippen LogP contribution in [0, 0.1) is 0 Å². The van der Waals surface area contributed by atoms with E-state index in [0.717, 1.165) is 51.6 Å². The Balaban J connectivity index is 1.74. The number of likely N-dealkylation sites (tertiary alicyclic amines) is 1. The molecule has 0 bridgehead atoms. The van der Waals surface area contributed by atoms with Crippen LogP contribution >= 0.6 is 0 Å². The Bertz CT molecular complexity index is 218. The fourth-order valence-corrected chi connectivity index (χ4v) is 2.45. The van der Waals surface area contributed by atoms with Gasteiger partial charge in [0.15, 0.2) is 0 Å². The second-order valence-electron chi connectivity index (χ2n) is 4.76. The summed E-state index contributed by atoms with van der Waals surface area (Å²) in [5.41, 5.74) is 5.83. The van der Waals surface area contributed by atoms with Crippen molar-refractivity contribution in [3.63, 3.8) is 0 Å². The second-order valence-corrected chi connectivity index (χ2v) is 4.76. The van der Waals surface area contributed by atoms with Gasteiger partial charge in [0.25, 0.3) is 0 Å². The molecule has 1 saturated heterocycles. The average molecular weight is 211 g/mol. The van der Waals surface area contributed by atoms with Crippen molar-refractivity contribution in [1.82, 2.24) is 10.2 Å². The predicted octanol–water partition coefficient (Wildman–Crippen LogP) is 1.06. The molecule has 0 aromatic heterocycles. The summed E-state index contributed by atoms with van der Waals surface area (Å²) in [5.74, 6) is 0. The number of amides is 2. The summed E-state index contributed by atoms with van der Waals surface area (Å²) in [4.78, 5) is 13.7. The molecule has 1 aliphatic heterocycles. The standard InChI is InChI=1S/C11H21N3O/c12-9-3-5-10(6-4-9)13-11(15)14-7-1-2-8-14/h9-10H,1-8,12H2,(H,13,15). The first-order chi connectivity index (χ1) is 7.25. The molecule has 0 atom stereocenters. The molecule has 0 spiro atoms. The quantitative estimate of drug-likeness (QED) is 0.681. The summed E-state index contributed by atoms with van der Waals surface area (Å²) in [7, 11) is 0. The van der Waals surface area contributed by atoms with Gasteiger partial charge in [0.1, 0.15) is 0 Å². The Morgan fingerprint density at radius 2 is 1.73 bits per heavy atom. The van der Waals surface area contributed by atoms with Crippen molar-refractivity contribution in [2.24, 2.45) is 5.73 Å². The highest BCUT2D eigenvalue weighted by Gasteiger charge is 2.23. The summed E-state index contributed by atoms with van der Waals surface area (Å²) in [5, 5.41) is 3.11. The van der Waals surface area contributed by atoms with E-state index in [1.165, 1.54) is 0 Å². The smallest absolute Gasteiger partial charge is 0.317 e. The highest BCUT2D eigenvalue weighted by molar-refractivity contribution is 5.74. The maximum Gasteiger partial charge on any atom is 0.317 e. The third kappa shape index (κ3) is 2.84. The van der Waals surface area contributed by atoms with Crippen molar-refractivity contribution in [2.45, 2.75) is 50.6 Å². The highest BCUT2D eigenvalue weighted by atomic mass is 16.2. The topological polar surface area (TPSA) is 58.4 Å². The van der Waals surface area contributed by atoms with Gasteiger partial charge in [0.2, 0.25) is 0 Å². The minimum atomic E-state index is 0.132. The van der Waals surface area contributed by atoms with Gasteiger partial charge in [0.05, 0.1) is 0 Å². The molecule has 15 heavy (non-hydrogen) atoms. The average Bonchev–Trinajstić information content (AvgIpc) is 2.74. The number of nitrogens with zero attached hydrogens (tertiary/aromatic N) is 1. The molecule has 3 N–H and O–H groups in total. The number of nitrogens with two attached hydrogens (primary N) is 1. The monoisotopic (exact) mass is 211 g/mol. The predicted molar refractivity (Wildman–Crippen MR) is 59.6 cm³/mol. The molecule has 2 rings (SSSR count). The van der Waals surface area contributed by atoms with E-state index in [2.05, 4.69) is 5.32 Å². The first-order valence-electron chi connectivity index (χ1n) is 6.07. The summed E-state index contributed by atoms with van der Waals surface area (Å²) >= 11 is 0. The Labute approximate surface area is 91.2 Å². The minimum Gasteiger partial charge on any atom is -0.335 e. The molecule has 4 nitrogen and oxygen atoms in total. The van der Waals surface area contributed by atoms with Crippen molar-refractivity contribution in [1.29, 1.82) is 0 Å². The third-order valence-electron chi connectivity index (χ3n) is 3.49. The Kier molecular flexibility index (Phi) is 3.46. The van der Waals surface area contributed by atoms with Crippen LogP contribution in [0.2, 0.25) is 0 Å². The van der Waals surface area contributed by atoms with Gasteiger partial charge in [-0.05, 0) is 38.5 Å². The van der Waals surface area contributed by atoms with Crippen LogP contribution in [0.5, 0.6) is 0 Å². The molecule has 0 aromatic carbocycles. The molecule has 1 heterocycles. The summed E-state index contributed by atoms with van der Waals surface area (Å²) < 4.78 is 0. The lowest BCUT2D eigenvalue weighted by Crippen LogP contribution is -2.46. The van der Waals surface area contributed by atoms with E-state index in [-0.39, 0.29) is 6.03 Å². The maximum atomic E-state index is 11.8. The van der Waals surface area contributed by atoms with E-state index in [4.69, 9.17) is 5.73 Å². The first-order valence-corrected chi connectivity index (χ1v) is 6.07. The number of hydrogen-bond donors (Lipinski definition) is 2. The zero-order chi connectivity index (χ0) is 10.7. The van der Waals surface area contributed by atoms with E-state index in [9.17, 15) is 4.79 Å². The third-order valence-corrected chi connectivity index (χ3v) is 3.49. The molecule has 1 saturated carbocycles. The Morgan fingerprint density at radius 3 is 2.33 bits per heavy atom. The summed E-state index contributed by atoms with van der Waals surface area (Å²) in [6.07, 6.45) is 6.49. The molecule has 0 unspecified atom stereocenters. The summed E-state index contributed by atoms with van der Waals surface area (Å²) in [6, 6.07) is 0.843. The fraction of sp³-hybridized carbons (Fsp3) is 0.909. The van der Waals surface area contributed by atoms with Gasteiger partial charge in [-0.3, -0.25) is 0 Å². The van der Waals surface area contributed by atoms with Gasteiger partial charge >= 0.3 is 6.03 Å². The van der Waals surface area contributed by atoms with Gasteiger partial charge in [-0.2, -0.15) is 0 Å². The van der Waals surface area contributed by atoms with Crippen LogP contribution in [0.15, 0.2) is 0 Å². The molecular formula is C11H21N3O. The van der Waals surface area contributed by atoms with Crippen LogP contribution in [0.3, 0.4) is 0 Å². The van der Waals surface area contributed by atoms with Gasteiger partial charge in [0, 0.05) is 25.2 Å². The van der Waals surface area contributed by atoms with Gasteiger partial charge in [-0.25, -0.2) is 4.79 Å². The Morgan fingerprint density at radius 1 is 1.13 bits per heavy atom. The number of carbonyl (C=O) groups excluding carboxylic acids is 1. The second kappa shape index (κ2) is 4.84. The van der Waals surface area contributed by atoms with Crippen LogP contribution < -0.4 is 11.1 Å². The first kappa shape index (κ1) is 10.7. The summed E-state index contributed by atoms with van der Waals surface area (Å²) in [6.45, 7) is 1.86. The SMILES string of the molecule is NC1CCC(NC(=O)N2CCCC2)CC1. The number of urea groups is 1. The van der Waals surface area contributed by atoms with Crippen LogP contribution in [0.25, 0.3) is 0 Å². The van der Waals surface area contributed by atoms with E-state index >= 15 is 0 Å².